The largest absolute Gasteiger partial charge is 0.354 e. The summed E-state index contributed by atoms with van der Waals surface area (Å²) >= 11 is 0.692. The number of pyridine rings is 1. The van der Waals surface area contributed by atoms with Crippen LogP contribution < -0.4 is 21.1 Å². The van der Waals surface area contributed by atoms with Crippen LogP contribution in [0.25, 0.3) is 0 Å². The standard InChI is InChI=1S/C17H20N8O2S/c1-20-15(26)13(18)17(28-19)25-16(27)14-12(23-10-6-21-8-22-7-10)5-4-11(24-14)9-2-3-9/h4-9,17-18,23H,2-3,19H2,1H3,(H,20,26)(H,25,27). The Hall–Kier alpha value is -3.05. The molecule has 1 unspecified atom stereocenters. The molecule has 1 fully saturated rings. The lowest BCUT2D eigenvalue weighted by Gasteiger charge is -2.18. The van der Waals surface area contributed by atoms with Crippen molar-refractivity contribution in [2.45, 2.75) is 24.1 Å². The van der Waals surface area contributed by atoms with Crippen LogP contribution in [0, 0.1) is 5.41 Å². The van der Waals surface area contributed by atoms with E-state index in [4.69, 9.17) is 10.5 Å². The average molecular weight is 400 g/mol. The Balaban J connectivity index is 1.86. The van der Waals surface area contributed by atoms with Gasteiger partial charge in [0, 0.05) is 18.7 Å². The molecule has 0 spiro atoms. The fourth-order valence-electron chi connectivity index (χ4n) is 2.49. The molecule has 2 aromatic heterocycles. The van der Waals surface area contributed by atoms with Gasteiger partial charge in [0.05, 0.1) is 23.8 Å². The van der Waals surface area contributed by atoms with Gasteiger partial charge in [-0.1, -0.05) is 11.9 Å². The normalized spacial score (nSPS) is 14.1. The van der Waals surface area contributed by atoms with Crippen molar-refractivity contribution in [3.05, 3.63) is 42.2 Å². The van der Waals surface area contributed by atoms with Gasteiger partial charge < -0.3 is 16.0 Å². The lowest BCUT2D eigenvalue weighted by molar-refractivity contribution is -0.114. The molecule has 0 aliphatic heterocycles. The Labute approximate surface area is 165 Å². The predicted octanol–water partition coefficient (Wildman–Crippen LogP) is 0.921. The summed E-state index contributed by atoms with van der Waals surface area (Å²) in [6, 6.07) is 3.65. The maximum Gasteiger partial charge on any atom is 0.273 e. The molecule has 28 heavy (non-hydrogen) atoms. The SMILES string of the molecule is CNC(=O)C(=N)C(NC(=O)c1nc(C2CC2)ccc1Nc1cncnc1)SN. The van der Waals surface area contributed by atoms with Gasteiger partial charge in [0.1, 0.15) is 17.4 Å². The number of nitrogens with one attached hydrogen (secondary N) is 4. The molecular weight excluding hydrogens is 380 g/mol. The number of aromatic nitrogens is 3. The zero-order chi connectivity index (χ0) is 20.1. The molecule has 2 aromatic rings. The van der Waals surface area contributed by atoms with Crippen molar-refractivity contribution in [1.82, 2.24) is 25.6 Å². The molecule has 0 aromatic carbocycles. The van der Waals surface area contributed by atoms with Crippen LogP contribution in [0.1, 0.15) is 34.9 Å². The first-order chi connectivity index (χ1) is 13.5. The number of rotatable bonds is 8. The molecule has 3 rings (SSSR count). The monoisotopic (exact) mass is 400 g/mol. The number of carbonyl (C=O) groups is 2. The van der Waals surface area contributed by atoms with Crippen LogP contribution in [0.4, 0.5) is 11.4 Å². The molecule has 2 heterocycles. The third-order valence-corrected chi connectivity index (χ3v) is 4.72. The lowest BCUT2D eigenvalue weighted by atomic mass is 10.2. The number of anilines is 2. The first kappa shape index (κ1) is 19.7. The van der Waals surface area contributed by atoms with Crippen LogP contribution in [0.15, 0.2) is 30.9 Å². The van der Waals surface area contributed by atoms with Gasteiger partial charge in [-0.25, -0.2) is 15.0 Å². The van der Waals surface area contributed by atoms with Gasteiger partial charge in [0.2, 0.25) is 0 Å². The molecular formula is C17H20N8O2S. The van der Waals surface area contributed by atoms with E-state index < -0.39 is 17.2 Å². The van der Waals surface area contributed by atoms with E-state index in [1.165, 1.54) is 13.4 Å². The number of nitrogens with two attached hydrogens (primary N) is 1. The van der Waals surface area contributed by atoms with E-state index in [0.717, 1.165) is 18.5 Å². The summed E-state index contributed by atoms with van der Waals surface area (Å²) in [5.41, 5.74) is 1.69. The van der Waals surface area contributed by atoms with Crippen LogP contribution in [-0.2, 0) is 4.79 Å². The van der Waals surface area contributed by atoms with E-state index >= 15 is 0 Å². The summed E-state index contributed by atoms with van der Waals surface area (Å²) in [7, 11) is 1.40. The maximum absolute atomic E-state index is 12.9. The van der Waals surface area contributed by atoms with E-state index in [1.807, 2.05) is 6.07 Å². The highest BCUT2D eigenvalue weighted by atomic mass is 32.2. The second-order valence-corrected chi connectivity index (χ2v) is 6.88. The van der Waals surface area contributed by atoms with E-state index in [2.05, 4.69) is 30.9 Å². The fraction of sp³-hybridized carbons (Fsp3) is 0.294. The van der Waals surface area contributed by atoms with Crippen LogP contribution in [-0.4, -0.2) is 44.9 Å². The minimum absolute atomic E-state index is 0.150. The smallest absolute Gasteiger partial charge is 0.273 e. The van der Waals surface area contributed by atoms with Crippen molar-refractivity contribution in [3.8, 4) is 0 Å². The number of amides is 2. The minimum Gasteiger partial charge on any atom is -0.354 e. The lowest BCUT2D eigenvalue weighted by Crippen LogP contribution is -2.45. The summed E-state index contributed by atoms with van der Waals surface area (Å²) in [5.74, 6) is -0.814. The topological polar surface area (TPSA) is 159 Å². The molecule has 1 saturated carbocycles. The average Bonchev–Trinajstić information content (AvgIpc) is 3.57. The molecule has 2 amide bonds. The summed E-state index contributed by atoms with van der Waals surface area (Å²) in [4.78, 5) is 37.0. The van der Waals surface area contributed by atoms with Gasteiger partial charge >= 0.3 is 0 Å². The third kappa shape index (κ3) is 4.61. The zero-order valence-corrected chi connectivity index (χ0v) is 15.9. The van der Waals surface area contributed by atoms with Crippen LogP contribution >= 0.6 is 11.9 Å². The highest BCUT2D eigenvalue weighted by molar-refractivity contribution is 7.98. The molecule has 0 radical (unpaired) electrons. The van der Waals surface area contributed by atoms with Crippen molar-refractivity contribution in [2.75, 3.05) is 12.4 Å². The molecule has 146 valence electrons. The molecule has 6 N–H and O–H groups in total. The number of carbonyl (C=O) groups excluding carboxylic acids is 2. The summed E-state index contributed by atoms with van der Waals surface area (Å²) < 4.78 is 0. The van der Waals surface area contributed by atoms with E-state index in [-0.39, 0.29) is 11.4 Å². The van der Waals surface area contributed by atoms with Crippen molar-refractivity contribution in [1.29, 1.82) is 5.41 Å². The Morgan fingerprint density at radius 2 is 2.00 bits per heavy atom. The quantitative estimate of drug-likeness (QED) is 0.248. The van der Waals surface area contributed by atoms with Gasteiger partial charge in [-0.3, -0.25) is 20.1 Å². The third-order valence-electron chi connectivity index (χ3n) is 4.10. The van der Waals surface area contributed by atoms with Crippen LogP contribution in [0.3, 0.4) is 0 Å². The number of hydrogen-bond acceptors (Lipinski definition) is 9. The Morgan fingerprint density at radius 3 is 2.61 bits per heavy atom. The van der Waals surface area contributed by atoms with Crippen molar-refractivity contribution in [2.24, 2.45) is 5.14 Å². The molecule has 1 atom stereocenters. The molecule has 0 bridgehead atoms. The summed E-state index contributed by atoms with van der Waals surface area (Å²) in [5, 5.41) is 20.5. The minimum atomic E-state index is -1.01. The molecule has 0 saturated heterocycles. The van der Waals surface area contributed by atoms with Gasteiger partial charge in [0.25, 0.3) is 11.8 Å². The second-order valence-electron chi connectivity index (χ2n) is 6.14. The van der Waals surface area contributed by atoms with E-state index in [0.29, 0.717) is 29.2 Å². The molecule has 11 heteroatoms. The molecule has 1 aliphatic rings. The highest BCUT2D eigenvalue weighted by Gasteiger charge is 2.28. The fourth-order valence-corrected chi connectivity index (χ4v) is 2.91. The first-order valence-corrected chi connectivity index (χ1v) is 9.47. The van der Waals surface area contributed by atoms with Crippen molar-refractivity contribution in [3.63, 3.8) is 0 Å². The number of hydrogen-bond donors (Lipinski definition) is 5. The Kier molecular flexibility index (Phi) is 6.16. The highest BCUT2D eigenvalue weighted by Crippen LogP contribution is 2.39. The van der Waals surface area contributed by atoms with Gasteiger partial charge in [0.15, 0.2) is 5.69 Å². The van der Waals surface area contributed by atoms with Crippen molar-refractivity contribution < 1.29 is 9.59 Å². The van der Waals surface area contributed by atoms with Crippen LogP contribution in [0.2, 0.25) is 0 Å². The second kappa shape index (κ2) is 8.76. The molecule has 1 aliphatic carbocycles. The predicted molar refractivity (Wildman–Crippen MR) is 106 cm³/mol. The molecule has 10 nitrogen and oxygen atoms in total. The van der Waals surface area contributed by atoms with Crippen molar-refractivity contribution >= 4 is 40.8 Å². The number of nitrogens with zero attached hydrogens (tertiary/aromatic N) is 3. The van der Waals surface area contributed by atoms with Gasteiger partial charge in [-0.15, -0.1) is 0 Å². The van der Waals surface area contributed by atoms with Gasteiger partial charge in [-0.2, -0.15) is 0 Å². The van der Waals surface area contributed by atoms with Gasteiger partial charge in [-0.05, 0) is 25.0 Å². The van der Waals surface area contributed by atoms with E-state index in [9.17, 15) is 9.59 Å². The Bertz CT molecular complexity index is 888. The van der Waals surface area contributed by atoms with Crippen LogP contribution in [0.5, 0.6) is 0 Å². The van der Waals surface area contributed by atoms with E-state index in [1.54, 1.807) is 18.5 Å². The summed E-state index contributed by atoms with van der Waals surface area (Å²) in [6.07, 6.45) is 6.62. The first-order valence-electron chi connectivity index (χ1n) is 8.53. The Morgan fingerprint density at radius 1 is 1.29 bits per heavy atom. The zero-order valence-electron chi connectivity index (χ0n) is 15.1. The maximum atomic E-state index is 12.9. The summed E-state index contributed by atoms with van der Waals surface area (Å²) in [6.45, 7) is 0.